The van der Waals surface area contributed by atoms with Gasteiger partial charge in [-0.1, -0.05) is 0 Å². The van der Waals surface area contributed by atoms with Gasteiger partial charge in [-0.05, 0) is 14.1 Å². The van der Waals surface area contributed by atoms with E-state index in [1.165, 1.54) is 11.5 Å². The summed E-state index contributed by atoms with van der Waals surface area (Å²) in [5, 5.41) is 3.41. The predicted molar refractivity (Wildman–Crippen MR) is 68.8 cm³/mol. The van der Waals surface area contributed by atoms with Gasteiger partial charge in [-0.15, -0.1) is 0 Å². The summed E-state index contributed by atoms with van der Waals surface area (Å²) in [6, 6.07) is 0.850. The molecule has 90 valence electrons. The van der Waals surface area contributed by atoms with Gasteiger partial charge in [0.15, 0.2) is 0 Å². The number of likely N-dealkylation sites (N-methyl/N-ethyl adjacent to an activating group) is 2. The van der Waals surface area contributed by atoms with Crippen LogP contribution in [0.5, 0.6) is 0 Å². The number of nitrogens with zero attached hydrogens (tertiary/aromatic N) is 3. The third-order valence-corrected chi connectivity index (χ3v) is 4.32. The lowest BCUT2D eigenvalue weighted by atomic mass is 10.1. The number of hydrogen-bond donors (Lipinski definition) is 1. The van der Waals surface area contributed by atoms with Crippen molar-refractivity contribution in [2.45, 2.75) is 12.1 Å². The molecular weight excluding hydrogens is 220 g/mol. The van der Waals surface area contributed by atoms with Crippen LogP contribution >= 0.6 is 11.8 Å². The first-order valence-electron chi connectivity index (χ1n) is 5.66. The van der Waals surface area contributed by atoms with E-state index in [1.54, 1.807) is 0 Å². The molecule has 2 heterocycles. The molecule has 0 amide bonds. The molecular formula is C11H20N4S. The van der Waals surface area contributed by atoms with Gasteiger partial charge in [0.1, 0.15) is 5.82 Å². The van der Waals surface area contributed by atoms with Gasteiger partial charge in [0, 0.05) is 43.5 Å². The molecule has 0 aliphatic carbocycles. The molecule has 1 fully saturated rings. The zero-order valence-electron chi connectivity index (χ0n) is 10.2. The summed E-state index contributed by atoms with van der Waals surface area (Å²) < 4.78 is 2.11. The normalized spacial score (nSPS) is 24.6. The fourth-order valence-electron chi connectivity index (χ4n) is 2.23. The highest BCUT2D eigenvalue weighted by Gasteiger charge is 2.30. The Kier molecular flexibility index (Phi) is 3.89. The summed E-state index contributed by atoms with van der Waals surface area (Å²) >= 11 is 2.03. The molecule has 2 atom stereocenters. The lowest BCUT2D eigenvalue weighted by Crippen LogP contribution is -2.47. The lowest BCUT2D eigenvalue weighted by molar-refractivity contribution is 0.214. The smallest absolute Gasteiger partial charge is 0.127 e. The van der Waals surface area contributed by atoms with Gasteiger partial charge in [0.25, 0.3) is 0 Å². The molecule has 1 aliphatic heterocycles. The van der Waals surface area contributed by atoms with Crippen LogP contribution in [0.1, 0.15) is 11.9 Å². The molecule has 1 aromatic rings. The summed E-state index contributed by atoms with van der Waals surface area (Å²) in [6.45, 7) is 1.16. The van der Waals surface area contributed by atoms with E-state index in [9.17, 15) is 0 Å². The fraction of sp³-hybridized carbons (Fsp3) is 0.727. The van der Waals surface area contributed by atoms with Crippen LogP contribution < -0.4 is 5.32 Å². The zero-order valence-corrected chi connectivity index (χ0v) is 11.0. The van der Waals surface area contributed by atoms with Crippen LogP contribution in [-0.2, 0) is 7.05 Å². The molecule has 2 rings (SSSR count). The average Bonchev–Trinajstić information content (AvgIpc) is 2.69. The largest absolute Gasteiger partial charge is 0.337 e. The summed E-state index contributed by atoms with van der Waals surface area (Å²) in [7, 11) is 6.28. The van der Waals surface area contributed by atoms with Crippen LogP contribution in [0.4, 0.5) is 0 Å². The van der Waals surface area contributed by atoms with Crippen LogP contribution in [0, 0.1) is 0 Å². The molecule has 5 heteroatoms. The molecule has 0 spiro atoms. The second-order valence-corrected chi connectivity index (χ2v) is 5.44. The van der Waals surface area contributed by atoms with Gasteiger partial charge in [-0.2, -0.15) is 11.8 Å². The third kappa shape index (κ3) is 2.26. The highest BCUT2D eigenvalue weighted by Crippen LogP contribution is 2.25. The topological polar surface area (TPSA) is 33.1 Å². The SMILES string of the molecule is CNC(c1nccn1C)C1CSCCN1C. The molecule has 0 radical (unpaired) electrons. The second-order valence-electron chi connectivity index (χ2n) is 4.29. The van der Waals surface area contributed by atoms with E-state index in [0.29, 0.717) is 12.1 Å². The van der Waals surface area contributed by atoms with Crippen molar-refractivity contribution in [2.75, 3.05) is 32.1 Å². The first-order chi connectivity index (χ1) is 7.74. The summed E-state index contributed by atoms with van der Waals surface area (Å²) in [5.41, 5.74) is 0. The zero-order chi connectivity index (χ0) is 11.5. The van der Waals surface area contributed by atoms with Crippen molar-refractivity contribution in [3.8, 4) is 0 Å². The predicted octanol–water partition coefficient (Wildman–Crippen LogP) is 0.728. The van der Waals surface area contributed by atoms with Crippen LogP contribution in [0.3, 0.4) is 0 Å². The van der Waals surface area contributed by atoms with E-state index in [0.717, 1.165) is 12.4 Å². The molecule has 16 heavy (non-hydrogen) atoms. The lowest BCUT2D eigenvalue weighted by Gasteiger charge is -2.37. The Hall–Kier alpha value is -0.520. The first kappa shape index (κ1) is 12.0. The molecule has 0 aromatic carbocycles. The van der Waals surface area contributed by atoms with Crippen LogP contribution in [-0.4, -0.2) is 52.6 Å². The summed E-state index contributed by atoms with van der Waals surface area (Å²) in [6.07, 6.45) is 3.88. The van der Waals surface area contributed by atoms with Gasteiger partial charge in [-0.25, -0.2) is 4.98 Å². The number of aryl methyl sites for hydroxylation is 1. The van der Waals surface area contributed by atoms with Crippen molar-refractivity contribution < 1.29 is 0 Å². The Morgan fingerprint density at radius 1 is 1.56 bits per heavy atom. The summed E-state index contributed by atoms with van der Waals surface area (Å²) in [4.78, 5) is 6.90. The molecule has 1 saturated heterocycles. The quantitative estimate of drug-likeness (QED) is 0.844. The van der Waals surface area contributed by atoms with Gasteiger partial charge < -0.3 is 9.88 Å². The van der Waals surface area contributed by atoms with Crippen molar-refractivity contribution in [3.05, 3.63) is 18.2 Å². The van der Waals surface area contributed by atoms with Gasteiger partial charge >= 0.3 is 0 Å². The van der Waals surface area contributed by atoms with E-state index in [1.807, 2.05) is 31.2 Å². The highest BCUT2D eigenvalue weighted by atomic mass is 32.2. The Balaban J connectivity index is 2.18. The van der Waals surface area contributed by atoms with Crippen LogP contribution in [0.2, 0.25) is 0 Å². The van der Waals surface area contributed by atoms with E-state index >= 15 is 0 Å². The molecule has 0 saturated carbocycles. The van der Waals surface area contributed by atoms with Crippen molar-refractivity contribution in [1.82, 2.24) is 19.8 Å². The Morgan fingerprint density at radius 2 is 2.38 bits per heavy atom. The van der Waals surface area contributed by atoms with Crippen molar-refractivity contribution in [1.29, 1.82) is 0 Å². The van der Waals surface area contributed by atoms with E-state index in [-0.39, 0.29) is 0 Å². The Bertz CT molecular complexity index is 338. The minimum atomic E-state index is 0.317. The van der Waals surface area contributed by atoms with Crippen molar-refractivity contribution in [2.24, 2.45) is 7.05 Å². The molecule has 1 aliphatic rings. The monoisotopic (exact) mass is 240 g/mol. The Labute approximate surface area is 101 Å². The van der Waals surface area contributed by atoms with Crippen molar-refractivity contribution in [3.63, 3.8) is 0 Å². The Morgan fingerprint density at radius 3 is 2.94 bits per heavy atom. The van der Waals surface area contributed by atoms with E-state index < -0.39 is 0 Å². The molecule has 0 bridgehead atoms. The van der Waals surface area contributed by atoms with Crippen LogP contribution in [0.25, 0.3) is 0 Å². The maximum atomic E-state index is 4.46. The molecule has 1 aromatic heterocycles. The average molecular weight is 240 g/mol. The molecule has 1 N–H and O–H groups in total. The standard InChI is InChI=1S/C11H20N4S/c1-12-10(11-13-4-5-15(11)3)9-8-16-7-6-14(9)2/h4-5,9-10,12H,6-8H2,1-3H3. The molecule has 2 unspecified atom stereocenters. The second kappa shape index (κ2) is 5.21. The highest BCUT2D eigenvalue weighted by molar-refractivity contribution is 7.99. The van der Waals surface area contributed by atoms with E-state index in [4.69, 9.17) is 0 Å². The van der Waals surface area contributed by atoms with Crippen LogP contribution in [0.15, 0.2) is 12.4 Å². The third-order valence-electron chi connectivity index (χ3n) is 3.28. The number of aromatic nitrogens is 2. The number of imidazole rings is 1. The maximum Gasteiger partial charge on any atom is 0.127 e. The number of nitrogens with one attached hydrogen (secondary N) is 1. The first-order valence-corrected chi connectivity index (χ1v) is 6.82. The fourth-order valence-corrected chi connectivity index (χ4v) is 3.50. The van der Waals surface area contributed by atoms with Gasteiger partial charge in [0.05, 0.1) is 6.04 Å². The maximum absolute atomic E-state index is 4.46. The minimum absolute atomic E-state index is 0.317. The van der Waals surface area contributed by atoms with Gasteiger partial charge in [-0.3, -0.25) is 4.90 Å². The minimum Gasteiger partial charge on any atom is -0.337 e. The number of hydrogen-bond acceptors (Lipinski definition) is 4. The molecule has 4 nitrogen and oxygen atoms in total. The number of rotatable bonds is 3. The van der Waals surface area contributed by atoms with Gasteiger partial charge in [0.2, 0.25) is 0 Å². The van der Waals surface area contributed by atoms with E-state index in [2.05, 4.69) is 33.9 Å². The summed E-state index contributed by atoms with van der Waals surface area (Å²) in [5.74, 6) is 3.54. The number of thioether (sulfide) groups is 1. The van der Waals surface area contributed by atoms with Crippen molar-refractivity contribution >= 4 is 11.8 Å².